The molecule has 2 aromatic carbocycles. The van der Waals surface area contributed by atoms with Crippen LogP contribution in [0.15, 0.2) is 42.5 Å². The summed E-state index contributed by atoms with van der Waals surface area (Å²) in [4.78, 5) is 24.3. The zero-order valence-corrected chi connectivity index (χ0v) is 17.9. The average Bonchev–Trinajstić information content (AvgIpc) is 3.26. The van der Waals surface area contributed by atoms with E-state index < -0.39 is 6.04 Å². The van der Waals surface area contributed by atoms with Crippen molar-refractivity contribution in [3.63, 3.8) is 0 Å². The first kappa shape index (κ1) is 21.3. The summed E-state index contributed by atoms with van der Waals surface area (Å²) in [6.07, 6.45) is 1.71. The standard InChI is InChI=1S/C24H28N2O5/c1-16(23(28)26-20-5-3-4-18(12-20)17(2)27)25-14-24(8-10-29-11-9-24)19-6-7-21-22(13-19)31-15-30-21/h3-7,12-13,16,25H,8-11,14-15H2,1-2H3,(H,26,28). The first-order chi connectivity index (χ1) is 15.0. The van der Waals surface area contributed by atoms with Crippen LogP contribution in [-0.2, 0) is 14.9 Å². The predicted molar refractivity (Wildman–Crippen MR) is 117 cm³/mol. The van der Waals surface area contributed by atoms with Gasteiger partial charge in [-0.2, -0.15) is 0 Å². The molecule has 31 heavy (non-hydrogen) atoms. The number of rotatable bonds is 7. The van der Waals surface area contributed by atoms with Crippen molar-refractivity contribution >= 4 is 17.4 Å². The van der Waals surface area contributed by atoms with Crippen LogP contribution in [0.2, 0.25) is 0 Å². The Bertz CT molecular complexity index is 968. The third kappa shape index (κ3) is 4.73. The molecule has 2 N–H and O–H groups in total. The molecule has 1 fully saturated rings. The second-order valence-corrected chi connectivity index (χ2v) is 8.19. The Labute approximate surface area is 182 Å². The van der Waals surface area contributed by atoms with Gasteiger partial charge < -0.3 is 24.8 Å². The van der Waals surface area contributed by atoms with Crippen molar-refractivity contribution in [1.82, 2.24) is 5.32 Å². The van der Waals surface area contributed by atoms with Crippen LogP contribution in [0.25, 0.3) is 0 Å². The third-order valence-electron chi connectivity index (χ3n) is 6.11. The van der Waals surface area contributed by atoms with Crippen LogP contribution < -0.4 is 20.1 Å². The SMILES string of the molecule is CC(=O)c1cccc(NC(=O)C(C)NCC2(c3ccc4c(c3)OCO4)CCOCC2)c1. The largest absolute Gasteiger partial charge is 0.454 e. The number of fused-ring (bicyclic) bond motifs is 1. The molecule has 1 atom stereocenters. The monoisotopic (exact) mass is 424 g/mol. The number of carbonyl (C=O) groups excluding carboxylic acids is 2. The van der Waals surface area contributed by atoms with Gasteiger partial charge in [0.2, 0.25) is 12.7 Å². The molecule has 0 aromatic heterocycles. The number of ketones is 1. The maximum Gasteiger partial charge on any atom is 0.241 e. The predicted octanol–water partition coefficient (Wildman–Crippen LogP) is 3.28. The van der Waals surface area contributed by atoms with Crippen LogP contribution in [-0.4, -0.2) is 44.3 Å². The fourth-order valence-electron chi connectivity index (χ4n) is 4.06. The van der Waals surface area contributed by atoms with E-state index in [-0.39, 0.29) is 23.9 Å². The molecule has 7 heteroatoms. The van der Waals surface area contributed by atoms with Gasteiger partial charge in [-0.05, 0) is 56.5 Å². The highest BCUT2D eigenvalue weighted by molar-refractivity contribution is 5.98. The molecule has 2 aliphatic heterocycles. The van der Waals surface area contributed by atoms with Crippen molar-refractivity contribution in [3.05, 3.63) is 53.6 Å². The zero-order valence-electron chi connectivity index (χ0n) is 17.9. The molecule has 4 rings (SSSR count). The lowest BCUT2D eigenvalue weighted by Gasteiger charge is -2.38. The first-order valence-electron chi connectivity index (χ1n) is 10.6. The van der Waals surface area contributed by atoms with Crippen LogP contribution in [0.5, 0.6) is 11.5 Å². The molecule has 2 aliphatic rings. The molecule has 0 saturated carbocycles. The number of amides is 1. The third-order valence-corrected chi connectivity index (χ3v) is 6.11. The fraction of sp³-hybridized carbons (Fsp3) is 0.417. The molecule has 1 amide bonds. The number of carbonyl (C=O) groups is 2. The van der Waals surface area contributed by atoms with Crippen molar-refractivity contribution < 1.29 is 23.8 Å². The Hall–Kier alpha value is -2.90. The maximum absolute atomic E-state index is 12.7. The van der Waals surface area contributed by atoms with E-state index in [1.54, 1.807) is 24.3 Å². The summed E-state index contributed by atoms with van der Waals surface area (Å²) < 4.78 is 16.6. The minimum Gasteiger partial charge on any atom is -0.454 e. The summed E-state index contributed by atoms with van der Waals surface area (Å²) in [7, 11) is 0. The van der Waals surface area contributed by atoms with E-state index in [0.29, 0.717) is 31.0 Å². The second-order valence-electron chi connectivity index (χ2n) is 8.19. The molecular formula is C24H28N2O5. The van der Waals surface area contributed by atoms with Gasteiger partial charge in [-0.25, -0.2) is 0 Å². The Kier molecular flexibility index (Phi) is 6.25. The second kappa shape index (κ2) is 9.08. The molecule has 0 bridgehead atoms. The minimum absolute atomic E-state index is 0.0348. The highest BCUT2D eigenvalue weighted by Crippen LogP contribution is 2.40. The summed E-state index contributed by atoms with van der Waals surface area (Å²) in [6.45, 7) is 5.59. The number of hydrogen-bond donors (Lipinski definition) is 2. The van der Waals surface area contributed by atoms with Crippen LogP contribution in [0.4, 0.5) is 5.69 Å². The number of Topliss-reactive ketones (excluding diaryl/α,β-unsaturated/α-hetero) is 1. The van der Waals surface area contributed by atoms with Crippen LogP contribution in [0.1, 0.15) is 42.6 Å². The summed E-state index contributed by atoms with van der Waals surface area (Å²) in [6, 6.07) is 12.7. The van der Waals surface area contributed by atoms with Crippen molar-refractivity contribution in [2.75, 3.05) is 31.9 Å². The molecule has 0 spiro atoms. The lowest BCUT2D eigenvalue weighted by Crippen LogP contribution is -2.48. The lowest BCUT2D eigenvalue weighted by atomic mass is 9.74. The van der Waals surface area contributed by atoms with E-state index in [2.05, 4.69) is 16.7 Å². The van der Waals surface area contributed by atoms with E-state index >= 15 is 0 Å². The first-order valence-corrected chi connectivity index (χ1v) is 10.6. The van der Waals surface area contributed by atoms with Gasteiger partial charge >= 0.3 is 0 Å². The highest BCUT2D eigenvalue weighted by Gasteiger charge is 2.36. The molecule has 2 aromatic rings. The number of hydrogen-bond acceptors (Lipinski definition) is 6. The Balaban J connectivity index is 1.44. The van der Waals surface area contributed by atoms with E-state index in [0.717, 1.165) is 29.9 Å². The Morgan fingerprint density at radius 2 is 1.84 bits per heavy atom. The molecule has 1 unspecified atom stereocenters. The smallest absolute Gasteiger partial charge is 0.241 e. The fourth-order valence-corrected chi connectivity index (χ4v) is 4.06. The molecule has 0 aliphatic carbocycles. The minimum atomic E-state index is -0.408. The van der Waals surface area contributed by atoms with Gasteiger partial charge in [0.15, 0.2) is 17.3 Å². The van der Waals surface area contributed by atoms with E-state index in [9.17, 15) is 9.59 Å². The van der Waals surface area contributed by atoms with Crippen molar-refractivity contribution in [2.45, 2.75) is 38.1 Å². The molecule has 2 heterocycles. The summed E-state index contributed by atoms with van der Waals surface area (Å²) in [5.74, 6) is 1.35. The number of nitrogens with one attached hydrogen (secondary N) is 2. The van der Waals surface area contributed by atoms with Crippen LogP contribution in [0, 0.1) is 0 Å². The van der Waals surface area contributed by atoms with Gasteiger partial charge in [0, 0.05) is 36.4 Å². The molecule has 164 valence electrons. The van der Waals surface area contributed by atoms with Crippen LogP contribution >= 0.6 is 0 Å². The van der Waals surface area contributed by atoms with Crippen molar-refractivity contribution in [1.29, 1.82) is 0 Å². The summed E-state index contributed by atoms with van der Waals surface area (Å²) in [5.41, 5.74) is 2.20. The molecular weight excluding hydrogens is 396 g/mol. The van der Waals surface area contributed by atoms with Crippen molar-refractivity contribution in [3.8, 4) is 11.5 Å². The molecule has 0 radical (unpaired) electrons. The van der Waals surface area contributed by atoms with Gasteiger partial charge in [-0.3, -0.25) is 9.59 Å². The van der Waals surface area contributed by atoms with Crippen molar-refractivity contribution in [2.24, 2.45) is 0 Å². The Morgan fingerprint density at radius 1 is 1.06 bits per heavy atom. The van der Waals surface area contributed by atoms with E-state index in [1.807, 2.05) is 19.1 Å². The summed E-state index contributed by atoms with van der Waals surface area (Å²) in [5, 5.41) is 6.31. The maximum atomic E-state index is 12.7. The quantitative estimate of drug-likeness (QED) is 0.664. The lowest BCUT2D eigenvalue weighted by molar-refractivity contribution is -0.117. The van der Waals surface area contributed by atoms with Gasteiger partial charge in [0.05, 0.1) is 6.04 Å². The van der Waals surface area contributed by atoms with Crippen LogP contribution in [0.3, 0.4) is 0 Å². The highest BCUT2D eigenvalue weighted by atomic mass is 16.7. The topological polar surface area (TPSA) is 85.9 Å². The van der Waals surface area contributed by atoms with Gasteiger partial charge in [0.1, 0.15) is 0 Å². The number of benzene rings is 2. The molecule has 1 saturated heterocycles. The normalized spacial score (nSPS) is 17.7. The van der Waals surface area contributed by atoms with Gasteiger partial charge in [-0.15, -0.1) is 0 Å². The van der Waals surface area contributed by atoms with E-state index in [1.165, 1.54) is 6.92 Å². The number of ether oxygens (including phenoxy) is 3. The molecule has 7 nitrogen and oxygen atoms in total. The Morgan fingerprint density at radius 3 is 2.61 bits per heavy atom. The summed E-state index contributed by atoms with van der Waals surface area (Å²) >= 11 is 0. The van der Waals surface area contributed by atoms with Gasteiger partial charge in [-0.1, -0.05) is 18.2 Å². The van der Waals surface area contributed by atoms with E-state index in [4.69, 9.17) is 14.2 Å². The van der Waals surface area contributed by atoms with Gasteiger partial charge in [0.25, 0.3) is 0 Å². The average molecular weight is 424 g/mol. The zero-order chi connectivity index (χ0) is 21.8. The number of anilines is 1.